The molecule has 1 aromatic carbocycles. The van der Waals surface area contributed by atoms with E-state index in [9.17, 15) is 13.6 Å². The summed E-state index contributed by atoms with van der Waals surface area (Å²) in [7, 11) is 0. The summed E-state index contributed by atoms with van der Waals surface area (Å²) in [6.45, 7) is -0.742. The number of carbonyl (C=O) groups is 1. The summed E-state index contributed by atoms with van der Waals surface area (Å²) in [5.41, 5.74) is 0. The highest BCUT2D eigenvalue weighted by atomic mass is 32.2. The van der Waals surface area contributed by atoms with E-state index in [0.29, 0.717) is 13.1 Å². The Hall–Kier alpha value is -1.14. The molecule has 110 valence electrons. The van der Waals surface area contributed by atoms with Gasteiger partial charge in [-0.3, -0.25) is 4.79 Å². The third kappa shape index (κ3) is 3.70. The molecule has 1 amide bonds. The second-order valence-corrected chi connectivity index (χ2v) is 5.99. The topological polar surface area (TPSA) is 40.5 Å². The van der Waals surface area contributed by atoms with E-state index in [4.69, 9.17) is 5.11 Å². The van der Waals surface area contributed by atoms with Gasteiger partial charge in [0.25, 0.3) is 5.91 Å². The molecule has 0 radical (unpaired) electrons. The Kier molecular flexibility index (Phi) is 4.99. The molecule has 6 heteroatoms. The molecule has 2 rings (SSSR count). The number of benzene rings is 1. The second kappa shape index (κ2) is 6.54. The van der Waals surface area contributed by atoms with Crippen molar-refractivity contribution in [1.82, 2.24) is 4.90 Å². The fourth-order valence-corrected chi connectivity index (χ4v) is 3.23. The molecule has 1 saturated heterocycles. The minimum absolute atomic E-state index is 0.221. The lowest BCUT2D eigenvalue weighted by Gasteiger charge is -2.21. The highest BCUT2D eigenvalue weighted by Gasteiger charge is 2.43. The SMILES string of the molecule is O=C(N1CCC(CSc2ccccc2)C1)C(F)(F)CO. The van der Waals surface area contributed by atoms with Crippen molar-refractivity contribution in [1.29, 1.82) is 0 Å². The molecule has 20 heavy (non-hydrogen) atoms. The molecule has 0 aliphatic carbocycles. The maximum absolute atomic E-state index is 13.1. The average molecular weight is 301 g/mol. The van der Waals surface area contributed by atoms with Gasteiger partial charge < -0.3 is 10.0 Å². The maximum atomic E-state index is 13.1. The minimum Gasteiger partial charge on any atom is -0.390 e. The number of hydrogen-bond donors (Lipinski definition) is 1. The van der Waals surface area contributed by atoms with Crippen molar-refractivity contribution < 1.29 is 18.7 Å². The Morgan fingerprint density at radius 3 is 2.75 bits per heavy atom. The van der Waals surface area contributed by atoms with Crippen molar-refractivity contribution in [2.75, 3.05) is 25.4 Å². The first kappa shape index (κ1) is 15.3. The second-order valence-electron chi connectivity index (χ2n) is 4.89. The summed E-state index contributed by atoms with van der Waals surface area (Å²) >= 11 is 1.67. The Labute approximate surface area is 121 Å². The van der Waals surface area contributed by atoms with Crippen LogP contribution < -0.4 is 0 Å². The zero-order chi connectivity index (χ0) is 14.6. The summed E-state index contributed by atoms with van der Waals surface area (Å²) in [4.78, 5) is 13.8. The van der Waals surface area contributed by atoms with Crippen molar-refractivity contribution in [3.05, 3.63) is 30.3 Å². The Bertz CT molecular complexity index is 456. The number of alkyl halides is 2. The molecule has 1 unspecified atom stereocenters. The third-order valence-corrected chi connectivity index (χ3v) is 4.56. The van der Waals surface area contributed by atoms with E-state index in [1.807, 2.05) is 30.3 Å². The summed E-state index contributed by atoms with van der Waals surface area (Å²) < 4.78 is 26.3. The van der Waals surface area contributed by atoms with Crippen LogP contribution in [-0.4, -0.2) is 47.3 Å². The van der Waals surface area contributed by atoms with Crippen LogP contribution in [-0.2, 0) is 4.79 Å². The zero-order valence-electron chi connectivity index (χ0n) is 11.0. The number of amides is 1. The van der Waals surface area contributed by atoms with Gasteiger partial charge in [0.15, 0.2) is 0 Å². The molecule has 0 aromatic heterocycles. The number of nitrogens with zero attached hydrogens (tertiary/aromatic N) is 1. The van der Waals surface area contributed by atoms with Gasteiger partial charge in [0.05, 0.1) is 0 Å². The quantitative estimate of drug-likeness (QED) is 0.848. The van der Waals surface area contributed by atoms with Gasteiger partial charge in [-0.1, -0.05) is 18.2 Å². The molecular formula is C14H17F2NO2S. The number of hydrogen-bond acceptors (Lipinski definition) is 3. The van der Waals surface area contributed by atoms with E-state index >= 15 is 0 Å². The van der Waals surface area contributed by atoms with Crippen molar-refractivity contribution in [3.8, 4) is 0 Å². The zero-order valence-corrected chi connectivity index (χ0v) is 11.8. The summed E-state index contributed by atoms with van der Waals surface area (Å²) in [6.07, 6.45) is 0.729. The van der Waals surface area contributed by atoms with Crippen LogP contribution in [0.5, 0.6) is 0 Å². The number of likely N-dealkylation sites (tertiary alicyclic amines) is 1. The molecule has 1 aromatic rings. The fourth-order valence-electron chi connectivity index (χ4n) is 2.18. The van der Waals surface area contributed by atoms with E-state index in [1.165, 1.54) is 0 Å². The monoisotopic (exact) mass is 301 g/mol. The molecule has 1 fully saturated rings. The van der Waals surface area contributed by atoms with Crippen LogP contribution in [0.1, 0.15) is 6.42 Å². The van der Waals surface area contributed by atoms with E-state index in [1.54, 1.807) is 11.8 Å². The van der Waals surface area contributed by atoms with E-state index < -0.39 is 18.4 Å². The highest BCUT2D eigenvalue weighted by molar-refractivity contribution is 7.99. The van der Waals surface area contributed by atoms with Gasteiger partial charge in [0, 0.05) is 23.7 Å². The van der Waals surface area contributed by atoms with Crippen LogP contribution in [0.2, 0.25) is 0 Å². The molecular weight excluding hydrogens is 284 g/mol. The van der Waals surface area contributed by atoms with E-state index in [2.05, 4.69) is 0 Å². The van der Waals surface area contributed by atoms with Crippen LogP contribution in [0.15, 0.2) is 35.2 Å². The van der Waals surface area contributed by atoms with Crippen molar-refractivity contribution in [2.45, 2.75) is 17.2 Å². The van der Waals surface area contributed by atoms with Gasteiger partial charge in [-0.25, -0.2) is 0 Å². The van der Waals surface area contributed by atoms with Crippen molar-refractivity contribution in [2.24, 2.45) is 5.92 Å². The summed E-state index contributed by atoms with van der Waals surface area (Å²) in [5.74, 6) is -3.88. The van der Waals surface area contributed by atoms with Crippen molar-refractivity contribution >= 4 is 17.7 Å². The van der Waals surface area contributed by atoms with E-state index in [0.717, 1.165) is 22.0 Å². The van der Waals surface area contributed by atoms with Crippen LogP contribution in [0.25, 0.3) is 0 Å². The Balaban J connectivity index is 1.82. The third-order valence-electron chi connectivity index (χ3n) is 3.31. The van der Waals surface area contributed by atoms with Crippen LogP contribution in [0, 0.1) is 5.92 Å². The predicted octanol–water partition coefficient (Wildman–Crippen LogP) is 2.25. The van der Waals surface area contributed by atoms with Gasteiger partial charge in [-0.05, 0) is 24.5 Å². The Morgan fingerprint density at radius 2 is 2.10 bits per heavy atom. The normalized spacial score (nSPS) is 19.4. The largest absolute Gasteiger partial charge is 0.390 e. The van der Waals surface area contributed by atoms with Crippen molar-refractivity contribution in [3.63, 3.8) is 0 Å². The molecule has 1 aliphatic heterocycles. The number of aliphatic hydroxyl groups excluding tert-OH is 1. The molecule has 0 spiro atoms. The maximum Gasteiger partial charge on any atom is 0.347 e. The lowest BCUT2D eigenvalue weighted by atomic mass is 10.2. The lowest BCUT2D eigenvalue weighted by molar-refractivity contribution is -0.161. The van der Waals surface area contributed by atoms with Gasteiger partial charge in [0.2, 0.25) is 0 Å². The minimum atomic E-state index is -3.65. The molecule has 1 aliphatic rings. The number of rotatable bonds is 5. The smallest absolute Gasteiger partial charge is 0.347 e. The van der Waals surface area contributed by atoms with E-state index in [-0.39, 0.29) is 5.92 Å². The molecule has 0 bridgehead atoms. The average Bonchev–Trinajstić information content (AvgIpc) is 2.94. The Morgan fingerprint density at radius 1 is 1.40 bits per heavy atom. The summed E-state index contributed by atoms with van der Waals surface area (Å²) in [6, 6.07) is 9.85. The van der Waals surface area contributed by atoms with Gasteiger partial charge in [-0.2, -0.15) is 8.78 Å². The molecule has 3 nitrogen and oxygen atoms in total. The highest BCUT2D eigenvalue weighted by Crippen LogP contribution is 2.28. The fraction of sp³-hybridized carbons (Fsp3) is 0.500. The first-order chi connectivity index (χ1) is 9.53. The molecule has 0 saturated carbocycles. The van der Waals surface area contributed by atoms with Gasteiger partial charge in [0.1, 0.15) is 6.61 Å². The molecule has 1 N–H and O–H groups in total. The number of thioether (sulfide) groups is 1. The number of halogens is 2. The lowest BCUT2D eigenvalue weighted by Crippen LogP contribution is -2.44. The van der Waals surface area contributed by atoms with Crippen LogP contribution in [0.3, 0.4) is 0 Å². The number of carbonyl (C=O) groups excluding carboxylic acids is 1. The summed E-state index contributed by atoms with van der Waals surface area (Å²) in [5, 5.41) is 8.54. The standard InChI is InChI=1S/C14H17F2NO2S/c15-14(16,10-18)13(19)17-7-6-11(8-17)9-20-12-4-2-1-3-5-12/h1-5,11,18H,6-10H2. The van der Waals surface area contributed by atoms with Gasteiger partial charge in [-0.15, -0.1) is 11.8 Å². The molecule has 1 heterocycles. The first-order valence-electron chi connectivity index (χ1n) is 6.49. The predicted molar refractivity (Wildman–Crippen MR) is 73.9 cm³/mol. The number of aliphatic hydroxyl groups is 1. The first-order valence-corrected chi connectivity index (χ1v) is 7.47. The molecule has 1 atom stereocenters. The van der Waals surface area contributed by atoms with Crippen LogP contribution in [0.4, 0.5) is 8.78 Å². The van der Waals surface area contributed by atoms with Crippen LogP contribution >= 0.6 is 11.8 Å². The van der Waals surface area contributed by atoms with Gasteiger partial charge >= 0.3 is 5.92 Å².